The van der Waals surface area contributed by atoms with Crippen molar-refractivity contribution in [2.75, 3.05) is 0 Å². The molecule has 0 amide bonds. The second kappa shape index (κ2) is 3.94. The van der Waals surface area contributed by atoms with Crippen LogP contribution in [-0.4, -0.2) is 5.78 Å². The molecule has 0 saturated heterocycles. The monoisotopic (exact) mass is 182 g/mol. The van der Waals surface area contributed by atoms with Gasteiger partial charge in [-0.25, -0.2) is 8.78 Å². The zero-order valence-corrected chi connectivity index (χ0v) is 7.05. The summed E-state index contributed by atoms with van der Waals surface area (Å²) in [6.45, 7) is 1.18. The minimum atomic E-state index is -0.561. The van der Waals surface area contributed by atoms with Crippen molar-refractivity contribution < 1.29 is 13.6 Å². The van der Waals surface area contributed by atoms with Crippen molar-refractivity contribution in [2.45, 2.75) is 6.92 Å². The molecule has 68 valence electrons. The Labute approximate surface area is 74.7 Å². The van der Waals surface area contributed by atoms with Gasteiger partial charge in [0.15, 0.2) is 5.78 Å². The average Bonchev–Trinajstić information content (AvgIpc) is 2.04. The second-order valence-corrected chi connectivity index (χ2v) is 2.60. The number of ketones is 1. The zero-order valence-electron chi connectivity index (χ0n) is 7.05. The van der Waals surface area contributed by atoms with Gasteiger partial charge >= 0.3 is 0 Å². The Bertz CT molecular complexity index is 334. The molecular weight excluding hydrogens is 174 g/mol. The number of benzene rings is 1. The number of allylic oxidation sites excluding steroid dienone is 2. The summed E-state index contributed by atoms with van der Waals surface area (Å²) in [6.07, 6.45) is 0.868. The minimum Gasteiger partial charge on any atom is -0.289 e. The van der Waals surface area contributed by atoms with E-state index >= 15 is 0 Å². The lowest BCUT2D eigenvalue weighted by Gasteiger charge is -1.94. The van der Waals surface area contributed by atoms with Crippen molar-refractivity contribution in [2.24, 2.45) is 0 Å². The number of rotatable bonds is 2. The van der Waals surface area contributed by atoms with Crippen molar-refractivity contribution in [1.29, 1.82) is 0 Å². The van der Waals surface area contributed by atoms with Crippen molar-refractivity contribution in [3.8, 4) is 0 Å². The fraction of sp³-hybridized carbons (Fsp3) is 0.100. The third-order valence-corrected chi connectivity index (χ3v) is 1.46. The number of hydrogen-bond acceptors (Lipinski definition) is 1. The number of halogens is 2. The molecule has 0 aliphatic heterocycles. The maximum absolute atomic E-state index is 12.4. The van der Waals surface area contributed by atoms with Gasteiger partial charge < -0.3 is 0 Å². The number of carbonyl (C=O) groups is 1. The van der Waals surface area contributed by atoms with Gasteiger partial charge in [-0.1, -0.05) is 0 Å². The lowest BCUT2D eigenvalue weighted by molar-refractivity contribution is 0.104. The van der Waals surface area contributed by atoms with Crippen LogP contribution in [0.4, 0.5) is 8.78 Å². The van der Waals surface area contributed by atoms with Gasteiger partial charge in [0.25, 0.3) is 0 Å². The molecule has 3 heteroatoms. The van der Waals surface area contributed by atoms with Crippen LogP contribution in [0.15, 0.2) is 36.2 Å². The first-order valence-electron chi connectivity index (χ1n) is 3.73. The first kappa shape index (κ1) is 9.58. The molecule has 1 rings (SSSR count). The maximum atomic E-state index is 12.4. The Hall–Kier alpha value is -1.51. The van der Waals surface area contributed by atoms with Gasteiger partial charge in [0, 0.05) is 11.6 Å². The van der Waals surface area contributed by atoms with Crippen LogP contribution >= 0.6 is 0 Å². The molecule has 0 unspecified atom stereocenters. The fourth-order valence-corrected chi connectivity index (χ4v) is 0.878. The molecule has 0 heterocycles. The Balaban J connectivity index is 2.90. The summed E-state index contributed by atoms with van der Waals surface area (Å²) in [6, 6.07) is 4.96. The van der Waals surface area contributed by atoms with E-state index < -0.39 is 17.4 Å². The predicted octanol–water partition coefficient (Wildman–Crippen LogP) is 2.88. The summed E-state index contributed by atoms with van der Waals surface area (Å²) < 4.78 is 24.7. The highest BCUT2D eigenvalue weighted by atomic mass is 19.1. The van der Waals surface area contributed by atoms with Gasteiger partial charge in [-0.2, -0.15) is 0 Å². The van der Waals surface area contributed by atoms with Crippen LogP contribution in [0, 0.1) is 5.82 Å². The Morgan fingerprint density at radius 3 is 2.31 bits per heavy atom. The Kier molecular flexibility index (Phi) is 2.90. The molecule has 0 atom stereocenters. The first-order valence-corrected chi connectivity index (χ1v) is 3.73. The molecule has 0 saturated carbocycles. The van der Waals surface area contributed by atoms with Crippen LogP contribution in [-0.2, 0) is 0 Å². The van der Waals surface area contributed by atoms with Gasteiger partial charge in [-0.3, -0.25) is 4.79 Å². The molecule has 13 heavy (non-hydrogen) atoms. The maximum Gasteiger partial charge on any atom is 0.188 e. The molecule has 0 radical (unpaired) electrons. The molecule has 0 spiro atoms. The topological polar surface area (TPSA) is 17.1 Å². The molecule has 1 aromatic carbocycles. The van der Waals surface area contributed by atoms with Crippen LogP contribution in [0.2, 0.25) is 0 Å². The molecular formula is C10H8F2O. The SMILES string of the molecule is C/C(F)=C\C(=O)c1ccc(F)cc1. The van der Waals surface area contributed by atoms with Crippen molar-refractivity contribution in [3.63, 3.8) is 0 Å². The number of hydrogen-bond donors (Lipinski definition) is 0. The standard InChI is InChI=1S/C10H8F2O/c1-7(11)6-10(13)8-2-4-9(12)5-3-8/h2-6H,1H3/b7-6+. The third-order valence-electron chi connectivity index (χ3n) is 1.46. The quantitative estimate of drug-likeness (QED) is 0.507. The van der Waals surface area contributed by atoms with Crippen LogP contribution in [0.1, 0.15) is 17.3 Å². The predicted molar refractivity (Wildman–Crippen MR) is 45.6 cm³/mol. The lowest BCUT2D eigenvalue weighted by atomic mass is 10.1. The second-order valence-electron chi connectivity index (χ2n) is 2.60. The average molecular weight is 182 g/mol. The normalized spacial score (nSPS) is 11.5. The van der Waals surface area contributed by atoms with E-state index in [9.17, 15) is 13.6 Å². The smallest absolute Gasteiger partial charge is 0.188 e. The first-order chi connectivity index (χ1) is 6.09. The molecule has 0 aromatic heterocycles. The Morgan fingerprint density at radius 1 is 1.31 bits per heavy atom. The van der Waals surface area contributed by atoms with Crippen LogP contribution < -0.4 is 0 Å². The van der Waals surface area contributed by atoms with E-state index in [4.69, 9.17) is 0 Å². The van der Waals surface area contributed by atoms with Crippen LogP contribution in [0.25, 0.3) is 0 Å². The van der Waals surface area contributed by atoms with E-state index in [1.54, 1.807) is 0 Å². The summed E-state index contributed by atoms with van der Waals surface area (Å²) >= 11 is 0. The van der Waals surface area contributed by atoms with E-state index in [-0.39, 0.29) is 5.56 Å². The highest BCUT2D eigenvalue weighted by Crippen LogP contribution is 2.06. The van der Waals surface area contributed by atoms with Crippen LogP contribution in [0.5, 0.6) is 0 Å². The van der Waals surface area contributed by atoms with E-state index in [1.165, 1.54) is 19.1 Å². The zero-order chi connectivity index (χ0) is 9.84. The van der Waals surface area contributed by atoms with Gasteiger partial charge in [-0.05, 0) is 31.2 Å². The summed E-state index contributed by atoms with van der Waals surface area (Å²) in [4.78, 5) is 11.1. The van der Waals surface area contributed by atoms with Gasteiger partial charge in [0.1, 0.15) is 11.6 Å². The van der Waals surface area contributed by atoms with Crippen molar-refractivity contribution >= 4 is 5.78 Å². The van der Waals surface area contributed by atoms with E-state index in [0.717, 1.165) is 18.2 Å². The Morgan fingerprint density at radius 2 is 1.85 bits per heavy atom. The van der Waals surface area contributed by atoms with Gasteiger partial charge in [0.05, 0.1) is 0 Å². The minimum absolute atomic E-state index is 0.276. The summed E-state index contributed by atoms with van der Waals surface area (Å²) in [5.74, 6) is -1.44. The third kappa shape index (κ3) is 2.78. The largest absolute Gasteiger partial charge is 0.289 e. The molecule has 0 aliphatic rings. The summed E-state index contributed by atoms with van der Waals surface area (Å²) in [5.41, 5.74) is 0.276. The van der Waals surface area contributed by atoms with E-state index in [1.807, 2.05) is 0 Å². The van der Waals surface area contributed by atoms with Crippen LogP contribution in [0.3, 0.4) is 0 Å². The highest BCUT2D eigenvalue weighted by molar-refractivity contribution is 6.04. The molecule has 0 fully saturated rings. The molecule has 1 nitrogen and oxygen atoms in total. The fourth-order valence-electron chi connectivity index (χ4n) is 0.878. The molecule has 1 aromatic rings. The van der Waals surface area contributed by atoms with Gasteiger partial charge in [0.2, 0.25) is 0 Å². The molecule has 0 N–H and O–H groups in total. The molecule has 0 aliphatic carbocycles. The van der Waals surface area contributed by atoms with Gasteiger partial charge in [-0.15, -0.1) is 0 Å². The summed E-state index contributed by atoms with van der Waals surface area (Å²) in [5, 5.41) is 0. The van der Waals surface area contributed by atoms with E-state index in [0.29, 0.717) is 0 Å². The van der Waals surface area contributed by atoms with E-state index in [2.05, 4.69) is 0 Å². The molecule has 0 bridgehead atoms. The summed E-state index contributed by atoms with van der Waals surface area (Å²) in [7, 11) is 0. The van der Waals surface area contributed by atoms with Crippen molar-refractivity contribution in [3.05, 3.63) is 47.5 Å². The lowest BCUT2D eigenvalue weighted by Crippen LogP contribution is -1.94. The highest BCUT2D eigenvalue weighted by Gasteiger charge is 2.02. The van der Waals surface area contributed by atoms with Crippen molar-refractivity contribution in [1.82, 2.24) is 0 Å². The number of carbonyl (C=O) groups excluding carboxylic acids is 1.